The summed E-state index contributed by atoms with van der Waals surface area (Å²) in [5.41, 5.74) is 11.3. The molecule has 5 heteroatoms. The molecule has 0 spiro atoms. The van der Waals surface area contributed by atoms with E-state index in [0.29, 0.717) is 11.1 Å². The van der Waals surface area contributed by atoms with Gasteiger partial charge in [0.15, 0.2) is 0 Å². The van der Waals surface area contributed by atoms with Crippen LogP contribution in [0.15, 0.2) is 6.20 Å². The van der Waals surface area contributed by atoms with Crippen LogP contribution in [0.1, 0.15) is 23.1 Å². The Kier molecular flexibility index (Phi) is 2.77. The summed E-state index contributed by atoms with van der Waals surface area (Å²) in [6.07, 6.45) is -1.26. The normalized spacial score (nSPS) is 10.8. The van der Waals surface area contributed by atoms with Crippen LogP contribution in [0.2, 0.25) is 0 Å². The van der Waals surface area contributed by atoms with Crippen molar-refractivity contribution in [3.05, 3.63) is 22.9 Å². The van der Waals surface area contributed by atoms with Crippen LogP contribution < -0.4 is 11.5 Å². The molecule has 0 aliphatic rings. The van der Waals surface area contributed by atoms with Gasteiger partial charge < -0.3 is 11.5 Å². The van der Waals surface area contributed by atoms with E-state index in [0.717, 1.165) is 0 Å². The minimum absolute atomic E-state index is 0.0494. The van der Waals surface area contributed by atoms with Gasteiger partial charge in [0, 0.05) is 23.9 Å². The molecule has 1 heterocycles. The van der Waals surface area contributed by atoms with Crippen molar-refractivity contribution in [1.29, 1.82) is 0 Å². The first-order chi connectivity index (χ1) is 6.07. The Morgan fingerprint density at radius 3 is 2.62 bits per heavy atom. The highest BCUT2D eigenvalue weighted by Crippen LogP contribution is 2.28. The predicted molar refractivity (Wildman–Crippen MR) is 46.2 cm³/mol. The number of nitrogens with two attached hydrogens (primary N) is 2. The zero-order valence-corrected chi connectivity index (χ0v) is 7.22. The standard InChI is InChI=1S/C8H11F2N3/c1-4-6(7(9)10)5(2-11)3-13-8(4)12/h3,7H,2,11H2,1H3,(H2,12,13). The molecule has 0 atom stereocenters. The minimum atomic E-state index is -2.55. The Balaban J connectivity index is 3.32. The minimum Gasteiger partial charge on any atom is -0.383 e. The lowest BCUT2D eigenvalue weighted by Gasteiger charge is -2.11. The molecule has 0 saturated heterocycles. The molecule has 1 aromatic rings. The second-order valence-corrected chi connectivity index (χ2v) is 2.71. The SMILES string of the molecule is Cc1c(N)ncc(CN)c1C(F)F. The van der Waals surface area contributed by atoms with E-state index >= 15 is 0 Å². The number of nitrogen functional groups attached to an aromatic ring is 1. The molecule has 1 aromatic heterocycles. The van der Waals surface area contributed by atoms with Crippen molar-refractivity contribution in [1.82, 2.24) is 4.98 Å². The van der Waals surface area contributed by atoms with Crippen LogP contribution in [-0.2, 0) is 6.54 Å². The van der Waals surface area contributed by atoms with E-state index in [1.165, 1.54) is 13.1 Å². The summed E-state index contributed by atoms with van der Waals surface area (Å²) < 4.78 is 25.0. The fourth-order valence-electron chi connectivity index (χ4n) is 1.16. The Labute approximate surface area is 74.8 Å². The van der Waals surface area contributed by atoms with Crippen molar-refractivity contribution in [2.45, 2.75) is 19.9 Å². The summed E-state index contributed by atoms with van der Waals surface area (Å²) in [6, 6.07) is 0. The molecule has 0 aliphatic carbocycles. The largest absolute Gasteiger partial charge is 0.383 e. The molecular weight excluding hydrogens is 176 g/mol. The van der Waals surface area contributed by atoms with Crippen LogP contribution in [0, 0.1) is 6.92 Å². The number of hydrogen-bond donors (Lipinski definition) is 2. The maximum atomic E-state index is 12.5. The van der Waals surface area contributed by atoms with E-state index in [4.69, 9.17) is 11.5 Å². The van der Waals surface area contributed by atoms with Gasteiger partial charge in [-0.15, -0.1) is 0 Å². The third-order valence-electron chi connectivity index (χ3n) is 1.93. The van der Waals surface area contributed by atoms with Crippen molar-refractivity contribution in [2.24, 2.45) is 5.73 Å². The molecule has 72 valence electrons. The highest BCUT2D eigenvalue weighted by molar-refractivity contribution is 5.47. The monoisotopic (exact) mass is 187 g/mol. The number of halogens is 2. The van der Waals surface area contributed by atoms with E-state index in [9.17, 15) is 8.78 Å². The molecule has 0 saturated carbocycles. The van der Waals surface area contributed by atoms with E-state index in [2.05, 4.69) is 4.98 Å². The maximum Gasteiger partial charge on any atom is 0.264 e. The number of aromatic nitrogens is 1. The Morgan fingerprint density at radius 1 is 1.54 bits per heavy atom. The van der Waals surface area contributed by atoms with E-state index in [1.54, 1.807) is 0 Å². The summed E-state index contributed by atoms with van der Waals surface area (Å²) in [5, 5.41) is 0. The highest BCUT2D eigenvalue weighted by Gasteiger charge is 2.17. The van der Waals surface area contributed by atoms with Crippen molar-refractivity contribution < 1.29 is 8.78 Å². The Morgan fingerprint density at radius 2 is 2.15 bits per heavy atom. The average molecular weight is 187 g/mol. The molecule has 0 amide bonds. The maximum absolute atomic E-state index is 12.5. The van der Waals surface area contributed by atoms with Gasteiger partial charge in [-0.3, -0.25) is 0 Å². The number of rotatable bonds is 2. The lowest BCUT2D eigenvalue weighted by Crippen LogP contribution is -2.07. The Bertz CT molecular complexity index is 313. The zero-order chi connectivity index (χ0) is 10.0. The zero-order valence-electron chi connectivity index (χ0n) is 7.22. The van der Waals surface area contributed by atoms with Gasteiger partial charge in [0.25, 0.3) is 6.43 Å². The summed E-state index contributed by atoms with van der Waals surface area (Å²) in [4.78, 5) is 3.76. The molecule has 3 nitrogen and oxygen atoms in total. The summed E-state index contributed by atoms with van der Waals surface area (Å²) in [5.74, 6) is 0.132. The summed E-state index contributed by atoms with van der Waals surface area (Å²) in [7, 11) is 0. The number of nitrogens with zero attached hydrogens (tertiary/aromatic N) is 1. The van der Waals surface area contributed by atoms with Gasteiger partial charge in [0.05, 0.1) is 0 Å². The number of pyridine rings is 1. The first-order valence-corrected chi connectivity index (χ1v) is 3.80. The van der Waals surface area contributed by atoms with Gasteiger partial charge in [-0.05, 0) is 12.5 Å². The second kappa shape index (κ2) is 3.66. The summed E-state index contributed by atoms with van der Waals surface area (Å²) in [6.45, 7) is 1.57. The number of anilines is 1. The smallest absolute Gasteiger partial charge is 0.264 e. The van der Waals surface area contributed by atoms with Crippen LogP contribution in [0.5, 0.6) is 0 Å². The van der Waals surface area contributed by atoms with Crippen LogP contribution in [-0.4, -0.2) is 4.98 Å². The molecule has 4 N–H and O–H groups in total. The number of hydrogen-bond acceptors (Lipinski definition) is 3. The van der Waals surface area contributed by atoms with Crippen molar-refractivity contribution in [3.8, 4) is 0 Å². The molecule has 0 bridgehead atoms. The van der Waals surface area contributed by atoms with Crippen LogP contribution in [0.3, 0.4) is 0 Å². The molecule has 0 unspecified atom stereocenters. The molecule has 0 aliphatic heterocycles. The molecule has 0 fully saturated rings. The first-order valence-electron chi connectivity index (χ1n) is 3.80. The number of alkyl halides is 2. The third-order valence-corrected chi connectivity index (χ3v) is 1.93. The van der Waals surface area contributed by atoms with E-state index in [-0.39, 0.29) is 17.9 Å². The molecule has 13 heavy (non-hydrogen) atoms. The quantitative estimate of drug-likeness (QED) is 0.734. The third kappa shape index (κ3) is 1.75. The topological polar surface area (TPSA) is 64.9 Å². The van der Waals surface area contributed by atoms with Crippen molar-refractivity contribution >= 4 is 5.82 Å². The fraction of sp³-hybridized carbons (Fsp3) is 0.375. The molecule has 1 rings (SSSR count). The fourth-order valence-corrected chi connectivity index (χ4v) is 1.16. The summed E-state index contributed by atoms with van der Waals surface area (Å²) >= 11 is 0. The van der Waals surface area contributed by atoms with Crippen LogP contribution in [0.4, 0.5) is 14.6 Å². The molecule has 0 radical (unpaired) electrons. The van der Waals surface area contributed by atoms with E-state index < -0.39 is 6.43 Å². The van der Waals surface area contributed by atoms with Gasteiger partial charge in [-0.2, -0.15) is 0 Å². The van der Waals surface area contributed by atoms with Crippen LogP contribution >= 0.6 is 0 Å². The second-order valence-electron chi connectivity index (χ2n) is 2.71. The van der Waals surface area contributed by atoms with Crippen LogP contribution in [0.25, 0.3) is 0 Å². The van der Waals surface area contributed by atoms with Gasteiger partial charge in [0.1, 0.15) is 5.82 Å². The molecule has 0 aromatic carbocycles. The van der Waals surface area contributed by atoms with Gasteiger partial charge in [-0.25, -0.2) is 13.8 Å². The Hall–Kier alpha value is -1.23. The lowest BCUT2D eigenvalue weighted by atomic mass is 10.1. The van der Waals surface area contributed by atoms with Crippen molar-refractivity contribution in [2.75, 3.05) is 5.73 Å². The first kappa shape index (κ1) is 9.85. The lowest BCUT2D eigenvalue weighted by molar-refractivity contribution is 0.149. The van der Waals surface area contributed by atoms with Crippen molar-refractivity contribution in [3.63, 3.8) is 0 Å². The predicted octanol–water partition coefficient (Wildman–Crippen LogP) is 1.37. The van der Waals surface area contributed by atoms with Gasteiger partial charge in [-0.1, -0.05) is 0 Å². The van der Waals surface area contributed by atoms with Gasteiger partial charge in [0.2, 0.25) is 0 Å². The molecular formula is C8H11F2N3. The average Bonchev–Trinajstić information content (AvgIpc) is 2.08. The van der Waals surface area contributed by atoms with E-state index in [1.807, 2.05) is 0 Å². The van der Waals surface area contributed by atoms with Gasteiger partial charge >= 0.3 is 0 Å². The highest BCUT2D eigenvalue weighted by atomic mass is 19.3.